The number of nitro groups is 1. The van der Waals surface area contributed by atoms with Crippen molar-refractivity contribution >= 4 is 11.4 Å². The standard InChI is InChI=1S/C13H16N4O2/c1-10(2)16-9-11(8-15-16)7-14-12-5-3-4-6-13(12)17(18)19/h3-6,8-10,14H,7H2,1-2H3. The molecule has 100 valence electrons. The smallest absolute Gasteiger partial charge is 0.292 e. The Hall–Kier alpha value is -2.37. The third-order valence-electron chi connectivity index (χ3n) is 2.77. The van der Waals surface area contributed by atoms with E-state index in [1.54, 1.807) is 24.4 Å². The Balaban J connectivity index is 2.08. The number of aromatic nitrogens is 2. The van der Waals surface area contributed by atoms with E-state index in [0.29, 0.717) is 18.3 Å². The lowest BCUT2D eigenvalue weighted by molar-refractivity contribution is -0.384. The van der Waals surface area contributed by atoms with Crippen LogP contribution in [0.3, 0.4) is 0 Å². The van der Waals surface area contributed by atoms with Gasteiger partial charge in [-0.3, -0.25) is 14.8 Å². The van der Waals surface area contributed by atoms with Gasteiger partial charge in [0.25, 0.3) is 5.69 Å². The Morgan fingerprint density at radius 3 is 2.79 bits per heavy atom. The molecule has 1 aromatic carbocycles. The van der Waals surface area contributed by atoms with E-state index in [1.807, 2.05) is 24.7 Å². The lowest BCUT2D eigenvalue weighted by Gasteiger charge is -2.05. The lowest BCUT2D eigenvalue weighted by atomic mass is 10.2. The zero-order chi connectivity index (χ0) is 13.8. The summed E-state index contributed by atoms with van der Waals surface area (Å²) in [6.07, 6.45) is 3.70. The predicted octanol–water partition coefficient (Wildman–Crippen LogP) is 2.98. The minimum absolute atomic E-state index is 0.0822. The topological polar surface area (TPSA) is 73.0 Å². The fourth-order valence-corrected chi connectivity index (χ4v) is 1.73. The molecule has 0 fully saturated rings. The van der Waals surface area contributed by atoms with Crippen LogP contribution in [0.15, 0.2) is 36.7 Å². The summed E-state index contributed by atoms with van der Waals surface area (Å²) in [7, 11) is 0. The van der Waals surface area contributed by atoms with Crippen LogP contribution in [0, 0.1) is 10.1 Å². The number of nitrogens with zero attached hydrogens (tertiary/aromatic N) is 3. The molecular weight excluding hydrogens is 244 g/mol. The molecule has 0 amide bonds. The molecule has 0 aliphatic rings. The summed E-state index contributed by atoms with van der Waals surface area (Å²) in [5.41, 5.74) is 1.59. The molecule has 2 aromatic rings. The summed E-state index contributed by atoms with van der Waals surface area (Å²) >= 11 is 0. The normalized spacial score (nSPS) is 10.7. The van der Waals surface area contributed by atoms with Crippen molar-refractivity contribution in [2.75, 3.05) is 5.32 Å². The van der Waals surface area contributed by atoms with Crippen molar-refractivity contribution in [3.63, 3.8) is 0 Å². The van der Waals surface area contributed by atoms with Gasteiger partial charge in [0, 0.05) is 30.4 Å². The number of para-hydroxylation sites is 2. The van der Waals surface area contributed by atoms with Gasteiger partial charge in [-0.2, -0.15) is 5.10 Å². The summed E-state index contributed by atoms with van der Waals surface area (Å²) in [6.45, 7) is 4.61. The molecule has 0 aliphatic heterocycles. The Morgan fingerprint density at radius 2 is 2.16 bits per heavy atom. The number of nitrogens with one attached hydrogen (secondary N) is 1. The average Bonchev–Trinajstić information content (AvgIpc) is 2.85. The summed E-state index contributed by atoms with van der Waals surface area (Å²) in [6, 6.07) is 6.91. The molecule has 0 aliphatic carbocycles. The summed E-state index contributed by atoms with van der Waals surface area (Å²) in [4.78, 5) is 10.5. The van der Waals surface area contributed by atoms with Crippen LogP contribution in [0.4, 0.5) is 11.4 Å². The van der Waals surface area contributed by atoms with E-state index in [0.717, 1.165) is 5.56 Å². The van der Waals surface area contributed by atoms with Crippen LogP contribution in [0.2, 0.25) is 0 Å². The molecule has 6 heteroatoms. The van der Waals surface area contributed by atoms with Crippen molar-refractivity contribution in [3.8, 4) is 0 Å². The third-order valence-corrected chi connectivity index (χ3v) is 2.77. The van der Waals surface area contributed by atoms with E-state index < -0.39 is 0 Å². The van der Waals surface area contributed by atoms with Crippen molar-refractivity contribution in [3.05, 3.63) is 52.3 Å². The first-order valence-electron chi connectivity index (χ1n) is 6.08. The Kier molecular flexibility index (Phi) is 3.79. The van der Waals surface area contributed by atoms with E-state index in [4.69, 9.17) is 0 Å². The molecule has 1 N–H and O–H groups in total. The number of anilines is 1. The highest BCUT2D eigenvalue weighted by atomic mass is 16.6. The second-order valence-electron chi connectivity index (χ2n) is 4.55. The maximum absolute atomic E-state index is 10.9. The fraction of sp³-hybridized carbons (Fsp3) is 0.308. The Morgan fingerprint density at radius 1 is 1.42 bits per heavy atom. The molecular formula is C13H16N4O2. The molecule has 2 rings (SSSR count). The molecule has 0 spiro atoms. The van der Waals surface area contributed by atoms with E-state index in [1.165, 1.54) is 6.07 Å². The summed E-state index contributed by atoms with van der Waals surface area (Å²) < 4.78 is 1.86. The van der Waals surface area contributed by atoms with Crippen LogP contribution < -0.4 is 5.32 Å². The molecule has 6 nitrogen and oxygen atoms in total. The Bertz CT molecular complexity index is 578. The van der Waals surface area contributed by atoms with E-state index in [9.17, 15) is 10.1 Å². The highest BCUT2D eigenvalue weighted by Crippen LogP contribution is 2.23. The van der Waals surface area contributed by atoms with Crippen molar-refractivity contribution in [2.24, 2.45) is 0 Å². The second kappa shape index (κ2) is 5.51. The van der Waals surface area contributed by atoms with Crippen LogP contribution in [0.1, 0.15) is 25.5 Å². The van der Waals surface area contributed by atoms with Gasteiger partial charge < -0.3 is 5.32 Å². The SMILES string of the molecule is CC(C)n1cc(CNc2ccccc2[N+](=O)[O-])cn1. The van der Waals surface area contributed by atoms with Crippen molar-refractivity contribution in [1.29, 1.82) is 0 Å². The van der Waals surface area contributed by atoms with Crippen molar-refractivity contribution in [1.82, 2.24) is 9.78 Å². The minimum atomic E-state index is -0.389. The highest BCUT2D eigenvalue weighted by Gasteiger charge is 2.12. The monoisotopic (exact) mass is 260 g/mol. The molecule has 19 heavy (non-hydrogen) atoms. The van der Waals surface area contributed by atoms with Gasteiger partial charge in [-0.1, -0.05) is 12.1 Å². The van der Waals surface area contributed by atoms with Gasteiger partial charge >= 0.3 is 0 Å². The molecule has 0 saturated heterocycles. The largest absolute Gasteiger partial charge is 0.375 e. The van der Waals surface area contributed by atoms with Crippen molar-refractivity contribution < 1.29 is 4.92 Å². The highest BCUT2D eigenvalue weighted by molar-refractivity contribution is 5.61. The average molecular weight is 260 g/mol. The fourth-order valence-electron chi connectivity index (χ4n) is 1.73. The summed E-state index contributed by atoms with van der Waals surface area (Å²) in [5, 5.41) is 18.2. The van der Waals surface area contributed by atoms with Gasteiger partial charge in [-0.05, 0) is 19.9 Å². The lowest BCUT2D eigenvalue weighted by Crippen LogP contribution is -2.02. The number of benzene rings is 1. The van der Waals surface area contributed by atoms with Crippen LogP contribution in [0.5, 0.6) is 0 Å². The first-order valence-corrected chi connectivity index (χ1v) is 6.08. The van der Waals surface area contributed by atoms with E-state index in [2.05, 4.69) is 10.4 Å². The van der Waals surface area contributed by atoms with Crippen LogP contribution in [-0.4, -0.2) is 14.7 Å². The van der Waals surface area contributed by atoms with Gasteiger partial charge in [0.05, 0.1) is 11.1 Å². The number of hydrogen-bond donors (Lipinski definition) is 1. The molecule has 0 atom stereocenters. The Labute approximate surface area is 111 Å². The molecule has 1 aromatic heterocycles. The second-order valence-corrected chi connectivity index (χ2v) is 4.55. The quantitative estimate of drug-likeness (QED) is 0.662. The first kappa shape index (κ1) is 13.1. The van der Waals surface area contributed by atoms with Gasteiger partial charge in [-0.15, -0.1) is 0 Å². The number of nitro benzene ring substituents is 1. The minimum Gasteiger partial charge on any atom is -0.375 e. The van der Waals surface area contributed by atoms with Crippen LogP contribution in [-0.2, 0) is 6.54 Å². The first-order chi connectivity index (χ1) is 9.08. The third kappa shape index (κ3) is 3.09. The number of rotatable bonds is 5. The maximum Gasteiger partial charge on any atom is 0.292 e. The van der Waals surface area contributed by atoms with E-state index >= 15 is 0 Å². The van der Waals surface area contributed by atoms with Gasteiger partial charge in [0.15, 0.2) is 0 Å². The van der Waals surface area contributed by atoms with Gasteiger partial charge in [0.1, 0.15) is 5.69 Å². The van der Waals surface area contributed by atoms with Crippen molar-refractivity contribution in [2.45, 2.75) is 26.4 Å². The van der Waals surface area contributed by atoms with Gasteiger partial charge in [-0.25, -0.2) is 0 Å². The molecule has 0 unspecified atom stereocenters. The van der Waals surface area contributed by atoms with Crippen LogP contribution in [0.25, 0.3) is 0 Å². The van der Waals surface area contributed by atoms with E-state index in [-0.39, 0.29) is 10.6 Å². The molecule has 0 bridgehead atoms. The molecule has 1 heterocycles. The van der Waals surface area contributed by atoms with Gasteiger partial charge in [0.2, 0.25) is 0 Å². The zero-order valence-electron chi connectivity index (χ0n) is 10.9. The number of hydrogen-bond acceptors (Lipinski definition) is 4. The molecule has 0 radical (unpaired) electrons. The van der Waals surface area contributed by atoms with Crippen LogP contribution >= 0.6 is 0 Å². The predicted molar refractivity (Wildman–Crippen MR) is 73.0 cm³/mol. The molecule has 0 saturated carbocycles. The maximum atomic E-state index is 10.9. The zero-order valence-corrected chi connectivity index (χ0v) is 10.9. The summed E-state index contributed by atoms with van der Waals surface area (Å²) in [5.74, 6) is 0.